The maximum Gasteiger partial charge on any atom is 0.130 e. The second-order valence-corrected chi connectivity index (χ2v) is 7.12. The van der Waals surface area contributed by atoms with Gasteiger partial charge in [0.1, 0.15) is 5.15 Å². The lowest BCUT2D eigenvalue weighted by atomic mass is 9.74. The van der Waals surface area contributed by atoms with Gasteiger partial charge < -0.3 is 5.73 Å². The molecule has 0 spiro atoms. The van der Waals surface area contributed by atoms with Gasteiger partial charge in [0, 0.05) is 18.7 Å². The Bertz CT molecular complexity index is 445. The van der Waals surface area contributed by atoms with E-state index in [1.54, 1.807) is 4.68 Å². The normalized spacial score (nSPS) is 25.1. The fourth-order valence-electron chi connectivity index (χ4n) is 3.55. The van der Waals surface area contributed by atoms with Crippen molar-refractivity contribution in [3.63, 3.8) is 0 Å². The van der Waals surface area contributed by atoms with E-state index in [1.807, 2.05) is 14.0 Å². The van der Waals surface area contributed by atoms with E-state index < -0.39 is 0 Å². The number of halogens is 1. The molecule has 1 unspecified atom stereocenters. The molecule has 1 atom stereocenters. The number of nitrogens with two attached hydrogens (primary N) is 1. The van der Waals surface area contributed by atoms with Crippen molar-refractivity contribution < 1.29 is 0 Å². The molecule has 1 aromatic rings. The lowest BCUT2D eigenvalue weighted by Crippen LogP contribution is -2.35. The van der Waals surface area contributed by atoms with Crippen LogP contribution in [0.4, 0.5) is 0 Å². The van der Waals surface area contributed by atoms with Gasteiger partial charge in [-0.1, -0.05) is 25.4 Å². The van der Waals surface area contributed by atoms with Gasteiger partial charge in [-0.15, -0.1) is 0 Å². The number of rotatable bonds is 4. The number of hydrogen-bond acceptors (Lipinski definition) is 2. The summed E-state index contributed by atoms with van der Waals surface area (Å²) in [5.41, 5.74) is 8.60. The van der Waals surface area contributed by atoms with Crippen molar-refractivity contribution in [3.8, 4) is 0 Å². The minimum Gasteiger partial charge on any atom is -0.327 e. The van der Waals surface area contributed by atoms with E-state index in [0.29, 0.717) is 5.92 Å². The summed E-state index contributed by atoms with van der Waals surface area (Å²) >= 11 is 6.31. The topological polar surface area (TPSA) is 43.8 Å². The molecule has 1 aliphatic rings. The largest absolute Gasteiger partial charge is 0.327 e. The highest BCUT2D eigenvalue weighted by Crippen LogP contribution is 2.35. The molecule has 2 rings (SSSR count). The SMILES string of the molecule is Cc1nn(C)c(Cl)c1CC(N)C1CCC(C(C)C)CC1. The summed E-state index contributed by atoms with van der Waals surface area (Å²) in [5.74, 6) is 2.34. The molecule has 114 valence electrons. The van der Waals surface area contributed by atoms with Crippen LogP contribution in [0.1, 0.15) is 50.8 Å². The van der Waals surface area contributed by atoms with E-state index in [-0.39, 0.29) is 6.04 Å². The third kappa shape index (κ3) is 3.37. The van der Waals surface area contributed by atoms with Crippen LogP contribution in [-0.2, 0) is 13.5 Å². The molecule has 1 aromatic heterocycles. The van der Waals surface area contributed by atoms with Gasteiger partial charge in [0.25, 0.3) is 0 Å². The van der Waals surface area contributed by atoms with Crippen molar-refractivity contribution >= 4 is 11.6 Å². The molecule has 0 aromatic carbocycles. The van der Waals surface area contributed by atoms with E-state index in [0.717, 1.165) is 34.7 Å². The molecule has 0 amide bonds. The van der Waals surface area contributed by atoms with Crippen LogP contribution in [0.5, 0.6) is 0 Å². The van der Waals surface area contributed by atoms with Crippen LogP contribution in [0.15, 0.2) is 0 Å². The van der Waals surface area contributed by atoms with Crippen LogP contribution >= 0.6 is 11.6 Å². The first-order valence-corrected chi connectivity index (χ1v) is 8.21. The first kappa shape index (κ1) is 15.8. The molecule has 0 aliphatic heterocycles. The van der Waals surface area contributed by atoms with E-state index in [1.165, 1.54) is 25.7 Å². The summed E-state index contributed by atoms with van der Waals surface area (Å²) in [4.78, 5) is 0. The molecule has 0 radical (unpaired) electrons. The monoisotopic (exact) mass is 297 g/mol. The molecule has 3 nitrogen and oxygen atoms in total. The van der Waals surface area contributed by atoms with Gasteiger partial charge in [-0.3, -0.25) is 4.68 Å². The Labute approximate surface area is 127 Å². The van der Waals surface area contributed by atoms with E-state index in [4.69, 9.17) is 17.3 Å². The van der Waals surface area contributed by atoms with Crippen molar-refractivity contribution in [2.45, 2.75) is 58.9 Å². The van der Waals surface area contributed by atoms with Gasteiger partial charge in [0.2, 0.25) is 0 Å². The standard InChI is InChI=1S/C16H28ClN3/c1-10(2)12-5-7-13(8-6-12)15(18)9-14-11(3)19-20(4)16(14)17/h10,12-13,15H,5-9,18H2,1-4H3. The Morgan fingerprint density at radius 3 is 2.25 bits per heavy atom. The molecule has 1 heterocycles. The Kier molecular flexibility index (Phi) is 5.14. The number of hydrogen-bond donors (Lipinski definition) is 1. The first-order valence-electron chi connectivity index (χ1n) is 7.83. The van der Waals surface area contributed by atoms with Crippen LogP contribution in [0.3, 0.4) is 0 Å². The summed E-state index contributed by atoms with van der Waals surface area (Å²) < 4.78 is 1.74. The zero-order chi connectivity index (χ0) is 14.9. The summed E-state index contributed by atoms with van der Waals surface area (Å²) in [6, 6.07) is 0.212. The third-order valence-electron chi connectivity index (χ3n) is 5.07. The molecule has 4 heteroatoms. The highest BCUT2D eigenvalue weighted by molar-refractivity contribution is 6.30. The maximum absolute atomic E-state index is 6.45. The Morgan fingerprint density at radius 2 is 1.80 bits per heavy atom. The highest BCUT2D eigenvalue weighted by atomic mass is 35.5. The van der Waals surface area contributed by atoms with Gasteiger partial charge in [-0.2, -0.15) is 5.10 Å². The van der Waals surface area contributed by atoms with Gasteiger partial charge in [-0.25, -0.2) is 0 Å². The first-order chi connectivity index (χ1) is 9.40. The summed E-state index contributed by atoms with van der Waals surface area (Å²) in [6.45, 7) is 6.69. The maximum atomic E-state index is 6.45. The summed E-state index contributed by atoms with van der Waals surface area (Å²) in [5, 5.41) is 5.12. The summed E-state index contributed by atoms with van der Waals surface area (Å²) in [7, 11) is 1.89. The molecule has 1 fully saturated rings. The molecule has 1 saturated carbocycles. The zero-order valence-electron chi connectivity index (χ0n) is 13.2. The Balaban J connectivity index is 1.94. The van der Waals surface area contributed by atoms with Crippen LogP contribution < -0.4 is 5.73 Å². The average Bonchev–Trinajstić information content (AvgIpc) is 2.65. The van der Waals surface area contributed by atoms with Crippen molar-refractivity contribution in [1.29, 1.82) is 0 Å². The smallest absolute Gasteiger partial charge is 0.130 e. The van der Waals surface area contributed by atoms with E-state index >= 15 is 0 Å². The fraction of sp³-hybridized carbons (Fsp3) is 0.812. The van der Waals surface area contributed by atoms with Crippen LogP contribution in [0.2, 0.25) is 5.15 Å². The second-order valence-electron chi connectivity index (χ2n) is 6.77. The average molecular weight is 298 g/mol. The molecule has 20 heavy (non-hydrogen) atoms. The minimum atomic E-state index is 0.212. The quantitative estimate of drug-likeness (QED) is 0.920. The molecule has 0 saturated heterocycles. The van der Waals surface area contributed by atoms with Crippen molar-refractivity contribution in [2.24, 2.45) is 30.5 Å². The summed E-state index contributed by atoms with van der Waals surface area (Å²) in [6.07, 6.45) is 6.04. The molecule has 2 N–H and O–H groups in total. The number of aromatic nitrogens is 2. The van der Waals surface area contributed by atoms with Gasteiger partial charge >= 0.3 is 0 Å². The molecular weight excluding hydrogens is 270 g/mol. The van der Waals surface area contributed by atoms with Gasteiger partial charge in [0.05, 0.1) is 5.69 Å². The lowest BCUT2D eigenvalue weighted by Gasteiger charge is -2.34. The van der Waals surface area contributed by atoms with Crippen molar-refractivity contribution in [2.75, 3.05) is 0 Å². The van der Waals surface area contributed by atoms with Gasteiger partial charge in [0.15, 0.2) is 0 Å². The third-order valence-corrected chi connectivity index (χ3v) is 5.55. The molecule has 0 bridgehead atoms. The zero-order valence-corrected chi connectivity index (χ0v) is 14.0. The van der Waals surface area contributed by atoms with Crippen LogP contribution in [-0.4, -0.2) is 15.8 Å². The van der Waals surface area contributed by atoms with Crippen molar-refractivity contribution in [3.05, 3.63) is 16.4 Å². The van der Waals surface area contributed by atoms with E-state index in [2.05, 4.69) is 18.9 Å². The lowest BCUT2D eigenvalue weighted by molar-refractivity contribution is 0.202. The van der Waals surface area contributed by atoms with Crippen molar-refractivity contribution in [1.82, 2.24) is 9.78 Å². The predicted octanol–water partition coefficient (Wildman–Crippen LogP) is 3.71. The Morgan fingerprint density at radius 1 is 1.25 bits per heavy atom. The molecular formula is C16H28ClN3. The van der Waals surface area contributed by atoms with Crippen LogP contribution in [0, 0.1) is 24.7 Å². The fourth-order valence-corrected chi connectivity index (χ4v) is 3.80. The van der Waals surface area contributed by atoms with Gasteiger partial charge in [-0.05, 0) is 56.8 Å². The number of nitrogens with zero attached hydrogens (tertiary/aromatic N) is 2. The number of aryl methyl sites for hydroxylation is 2. The predicted molar refractivity (Wildman–Crippen MR) is 84.9 cm³/mol. The Hall–Kier alpha value is -0.540. The van der Waals surface area contributed by atoms with Crippen LogP contribution in [0.25, 0.3) is 0 Å². The second kappa shape index (κ2) is 6.48. The molecule has 1 aliphatic carbocycles. The minimum absolute atomic E-state index is 0.212. The van der Waals surface area contributed by atoms with E-state index in [9.17, 15) is 0 Å². The highest BCUT2D eigenvalue weighted by Gasteiger charge is 2.28.